The molecule has 2 fully saturated rings. The smallest absolute Gasteiger partial charge is 0.221 e. The van der Waals surface area contributed by atoms with Crippen molar-refractivity contribution in [1.29, 1.82) is 0 Å². The minimum atomic E-state index is -0.00428. The molecule has 3 aliphatic rings. The van der Waals surface area contributed by atoms with E-state index >= 15 is 0 Å². The lowest BCUT2D eigenvalue weighted by Crippen LogP contribution is -2.35. The molecule has 2 aliphatic carbocycles. The molecule has 1 heterocycles. The van der Waals surface area contributed by atoms with Crippen molar-refractivity contribution in [2.45, 2.75) is 38.1 Å². The van der Waals surface area contributed by atoms with Gasteiger partial charge in [-0.05, 0) is 72.3 Å². The second-order valence-electron chi connectivity index (χ2n) is 7.95. The molecule has 3 heteroatoms. The highest BCUT2D eigenvalue weighted by atomic mass is 16.1. The van der Waals surface area contributed by atoms with Crippen molar-refractivity contribution in [1.82, 2.24) is 0 Å². The van der Waals surface area contributed by atoms with Gasteiger partial charge >= 0.3 is 0 Å². The van der Waals surface area contributed by atoms with Gasteiger partial charge in [-0.2, -0.15) is 0 Å². The first-order chi connectivity index (χ1) is 12.2. The molecule has 0 radical (unpaired) electrons. The van der Waals surface area contributed by atoms with Crippen LogP contribution >= 0.6 is 0 Å². The van der Waals surface area contributed by atoms with Gasteiger partial charge in [0.2, 0.25) is 5.91 Å². The van der Waals surface area contributed by atoms with Gasteiger partial charge in [-0.3, -0.25) is 4.79 Å². The lowest BCUT2D eigenvalue weighted by Gasteiger charge is -2.43. The standard InChI is InChI=1S/C22H24N2O/c1-13(25)23-17-9-10-19-18(12-17)20-15-7-8-16(11-15)21(20)22(24-19)14-5-3-2-4-6-14/h2-6,9-10,12,15-16,20-22,24H,7-8,11H2,1H3,(H,23,25). The number of anilines is 2. The van der Waals surface area contributed by atoms with Crippen LogP contribution in [0.25, 0.3) is 0 Å². The molecule has 0 aromatic heterocycles. The Hall–Kier alpha value is -2.29. The van der Waals surface area contributed by atoms with Crippen LogP contribution in [0.5, 0.6) is 0 Å². The summed E-state index contributed by atoms with van der Waals surface area (Å²) < 4.78 is 0. The van der Waals surface area contributed by atoms with Crippen LogP contribution in [-0.4, -0.2) is 5.91 Å². The molecule has 2 saturated carbocycles. The van der Waals surface area contributed by atoms with Crippen LogP contribution in [0.2, 0.25) is 0 Å². The fourth-order valence-electron chi connectivity index (χ4n) is 5.76. The molecule has 5 atom stereocenters. The van der Waals surface area contributed by atoms with Crippen molar-refractivity contribution in [3.8, 4) is 0 Å². The Morgan fingerprint density at radius 2 is 1.88 bits per heavy atom. The molecule has 3 nitrogen and oxygen atoms in total. The number of nitrogens with one attached hydrogen (secondary N) is 2. The van der Waals surface area contributed by atoms with Gasteiger partial charge < -0.3 is 10.6 Å². The molecule has 2 bridgehead atoms. The summed E-state index contributed by atoms with van der Waals surface area (Å²) in [5.74, 6) is 2.91. The summed E-state index contributed by atoms with van der Waals surface area (Å²) in [5, 5.41) is 6.79. The van der Waals surface area contributed by atoms with Crippen LogP contribution < -0.4 is 10.6 Å². The number of carbonyl (C=O) groups is 1. The predicted octanol–water partition coefficient (Wildman–Crippen LogP) is 4.94. The van der Waals surface area contributed by atoms with E-state index in [4.69, 9.17) is 0 Å². The van der Waals surface area contributed by atoms with Crippen molar-refractivity contribution in [3.63, 3.8) is 0 Å². The Morgan fingerprint density at radius 1 is 1.08 bits per heavy atom. The molecule has 5 unspecified atom stereocenters. The van der Waals surface area contributed by atoms with Gasteiger partial charge in [0.1, 0.15) is 0 Å². The van der Waals surface area contributed by atoms with E-state index in [0.29, 0.717) is 17.9 Å². The average Bonchev–Trinajstić information content (AvgIpc) is 3.24. The molecule has 5 rings (SSSR count). The third-order valence-corrected chi connectivity index (χ3v) is 6.57. The summed E-state index contributed by atoms with van der Waals surface area (Å²) in [6.45, 7) is 1.57. The first-order valence-corrected chi connectivity index (χ1v) is 9.44. The van der Waals surface area contributed by atoms with Gasteiger partial charge in [0, 0.05) is 18.3 Å². The highest BCUT2D eigenvalue weighted by Gasteiger charge is 2.53. The number of amides is 1. The maximum Gasteiger partial charge on any atom is 0.221 e. The maximum absolute atomic E-state index is 11.4. The van der Waals surface area contributed by atoms with Gasteiger partial charge in [-0.25, -0.2) is 0 Å². The van der Waals surface area contributed by atoms with Gasteiger partial charge in [0.15, 0.2) is 0 Å². The molecular formula is C22H24N2O. The maximum atomic E-state index is 11.4. The molecule has 0 spiro atoms. The van der Waals surface area contributed by atoms with E-state index in [1.807, 2.05) is 6.07 Å². The van der Waals surface area contributed by atoms with Crippen molar-refractivity contribution >= 4 is 17.3 Å². The Morgan fingerprint density at radius 3 is 2.68 bits per heavy atom. The molecule has 2 aromatic rings. The Bertz CT molecular complexity index is 816. The molecule has 128 valence electrons. The normalized spacial score (nSPS) is 31.8. The zero-order valence-corrected chi connectivity index (χ0v) is 14.5. The number of hydrogen-bond donors (Lipinski definition) is 2. The highest BCUT2D eigenvalue weighted by molar-refractivity contribution is 5.89. The SMILES string of the molecule is CC(=O)Nc1ccc2c(c1)C1C3CCC(C3)C1C(c1ccccc1)N2. The van der Waals surface area contributed by atoms with E-state index in [1.165, 1.54) is 36.1 Å². The quantitative estimate of drug-likeness (QED) is 0.817. The van der Waals surface area contributed by atoms with Crippen molar-refractivity contribution in [2.75, 3.05) is 10.6 Å². The van der Waals surface area contributed by atoms with Gasteiger partial charge in [-0.15, -0.1) is 0 Å². The van der Waals surface area contributed by atoms with E-state index in [0.717, 1.165) is 17.5 Å². The van der Waals surface area contributed by atoms with E-state index in [9.17, 15) is 4.79 Å². The third kappa shape index (κ3) is 2.37. The van der Waals surface area contributed by atoms with E-state index in [-0.39, 0.29) is 5.91 Å². The van der Waals surface area contributed by atoms with Gasteiger partial charge in [0.25, 0.3) is 0 Å². The Balaban J connectivity index is 1.59. The largest absolute Gasteiger partial charge is 0.378 e. The second kappa shape index (κ2) is 5.62. The molecule has 25 heavy (non-hydrogen) atoms. The van der Waals surface area contributed by atoms with Crippen molar-refractivity contribution in [2.24, 2.45) is 17.8 Å². The summed E-state index contributed by atoms with van der Waals surface area (Å²) in [5.41, 5.74) is 4.99. The van der Waals surface area contributed by atoms with Crippen LogP contribution in [-0.2, 0) is 4.79 Å². The van der Waals surface area contributed by atoms with Gasteiger partial charge in [0.05, 0.1) is 6.04 Å². The lowest BCUT2D eigenvalue weighted by molar-refractivity contribution is -0.114. The zero-order valence-electron chi connectivity index (χ0n) is 14.5. The van der Waals surface area contributed by atoms with E-state index < -0.39 is 0 Å². The number of hydrogen-bond acceptors (Lipinski definition) is 2. The fourth-order valence-corrected chi connectivity index (χ4v) is 5.76. The van der Waals surface area contributed by atoms with Crippen LogP contribution in [0, 0.1) is 17.8 Å². The number of fused-ring (bicyclic) bond motifs is 7. The minimum absolute atomic E-state index is 0.00428. The number of carbonyl (C=O) groups excluding carboxylic acids is 1. The summed E-state index contributed by atoms with van der Waals surface area (Å²) >= 11 is 0. The highest BCUT2D eigenvalue weighted by Crippen LogP contribution is 2.63. The molecular weight excluding hydrogens is 308 g/mol. The summed E-state index contributed by atoms with van der Waals surface area (Å²) in [4.78, 5) is 11.4. The second-order valence-corrected chi connectivity index (χ2v) is 7.95. The van der Waals surface area contributed by atoms with E-state index in [1.54, 1.807) is 6.92 Å². The summed E-state index contributed by atoms with van der Waals surface area (Å²) in [6, 6.07) is 17.7. The van der Waals surface area contributed by atoms with Crippen LogP contribution in [0.4, 0.5) is 11.4 Å². The average molecular weight is 332 g/mol. The summed E-state index contributed by atoms with van der Waals surface area (Å²) in [6.07, 6.45) is 4.10. The van der Waals surface area contributed by atoms with Crippen molar-refractivity contribution < 1.29 is 4.79 Å². The topological polar surface area (TPSA) is 41.1 Å². The fraction of sp³-hybridized carbons (Fsp3) is 0.409. The molecule has 1 amide bonds. The lowest BCUT2D eigenvalue weighted by atomic mass is 9.68. The number of benzene rings is 2. The zero-order chi connectivity index (χ0) is 17.0. The molecule has 1 aliphatic heterocycles. The predicted molar refractivity (Wildman–Crippen MR) is 101 cm³/mol. The monoisotopic (exact) mass is 332 g/mol. The van der Waals surface area contributed by atoms with Crippen LogP contribution in [0.3, 0.4) is 0 Å². The number of rotatable bonds is 2. The van der Waals surface area contributed by atoms with Crippen molar-refractivity contribution in [3.05, 3.63) is 59.7 Å². The Labute approximate surface area is 148 Å². The molecule has 2 N–H and O–H groups in total. The van der Waals surface area contributed by atoms with Gasteiger partial charge in [-0.1, -0.05) is 30.3 Å². The van der Waals surface area contributed by atoms with Crippen LogP contribution in [0.15, 0.2) is 48.5 Å². The Kier molecular flexibility index (Phi) is 3.37. The first kappa shape index (κ1) is 15.0. The third-order valence-electron chi connectivity index (χ3n) is 6.57. The molecule has 2 aromatic carbocycles. The minimum Gasteiger partial charge on any atom is -0.378 e. The molecule has 0 saturated heterocycles. The summed E-state index contributed by atoms with van der Waals surface area (Å²) in [7, 11) is 0. The van der Waals surface area contributed by atoms with Crippen LogP contribution in [0.1, 0.15) is 49.3 Å². The van der Waals surface area contributed by atoms with E-state index in [2.05, 4.69) is 53.1 Å². The first-order valence-electron chi connectivity index (χ1n) is 9.44.